The summed E-state index contributed by atoms with van der Waals surface area (Å²) in [5.74, 6) is -1.17. The Morgan fingerprint density at radius 2 is 2.00 bits per heavy atom. The maximum atomic E-state index is 14.0. The highest BCUT2D eigenvalue weighted by Gasteiger charge is 2.33. The van der Waals surface area contributed by atoms with Crippen molar-refractivity contribution in [1.29, 1.82) is 0 Å². The molecule has 144 valence electrons. The van der Waals surface area contributed by atoms with Crippen LogP contribution in [0.5, 0.6) is 0 Å². The number of ether oxygens (including phenoxy) is 1. The molecule has 0 unspecified atom stereocenters. The Bertz CT molecular complexity index is 859. The average Bonchev–Trinajstić information content (AvgIpc) is 3.05. The summed E-state index contributed by atoms with van der Waals surface area (Å²) in [4.78, 5) is 14.8. The number of aromatic amines is 1. The highest BCUT2D eigenvalue weighted by Crippen LogP contribution is 2.33. The molecule has 0 saturated carbocycles. The number of carbonyl (C=O) groups is 1. The van der Waals surface area contributed by atoms with Crippen LogP contribution in [0, 0.1) is 11.6 Å². The minimum Gasteiger partial charge on any atom is -0.369 e. The summed E-state index contributed by atoms with van der Waals surface area (Å²) in [6.45, 7) is 5.00. The van der Waals surface area contributed by atoms with Gasteiger partial charge in [-0.1, -0.05) is 6.07 Å². The molecule has 2 aromatic rings. The van der Waals surface area contributed by atoms with Crippen molar-refractivity contribution in [2.75, 3.05) is 13.1 Å². The fraction of sp³-hybridized carbons (Fsp3) is 0.500. The fourth-order valence-corrected chi connectivity index (χ4v) is 4.23. The molecule has 0 radical (unpaired) electrons. The molecule has 1 aromatic carbocycles. The molecule has 0 aliphatic carbocycles. The lowest BCUT2D eigenvalue weighted by Crippen LogP contribution is -2.39. The maximum Gasteiger partial charge on any atom is 0.274 e. The molecule has 1 fully saturated rings. The largest absolute Gasteiger partial charge is 0.369 e. The third-order valence-electron chi connectivity index (χ3n) is 5.62. The number of benzene rings is 1. The molecule has 1 amide bonds. The number of carbonyl (C=O) groups excluding carboxylic acids is 1. The van der Waals surface area contributed by atoms with Gasteiger partial charge >= 0.3 is 0 Å². The minimum absolute atomic E-state index is 0.00352. The van der Waals surface area contributed by atoms with Crippen LogP contribution >= 0.6 is 0 Å². The summed E-state index contributed by atoms with van der Waals surface area (Å²) in [6, 6.07) is 3.73. The van der Waals surface area contributed by atoms with E-state index in [2.05, 4.69) is 10.2 Å². The van der Waals surface area contributed by atoms with Crippen molar-refractivity contribution in [2.24, 2.45) is 0 Å². The number of H-pyrrole nitrogens is 1. The minimum atomic E-state index is -0.570. The van der Waals surface area contributed by atoms with Crippen molar-refractivity contribution < 1.29 is 18.3 Å². The Morgan fingerprint density at radius 1 is 1.26 bits per heavy atom. The second-order valence-electron chi connectivity index (χ2n) is 7.49. The van der Waals surface area contributed by atoms with Gasteiger partial charge in [0.2, 0.25) is 0 Å². The van der Waals surface area contributed by atoms with E-state index in [1.165, 1.54) is 12.1 Å². The first-order valence-electron chi connectivity index (χ1n) is 9.41. The number of aromatic nitrogens is 2. The number of halogens is 2. The second-order valence-corrected chi connectivity index (χ2v) is 7.49. The molecule has 2 aliphatic heterocycles. The number of piperidine rings is 1. The van der Waals surface area contributed by atoms with Crippen LogP contribution in [0.2, 0.25) is 0 Å². The van der Waals surface area contributed by atoms with E-state index in [1.807, 2.05) is 13.8 Å². The molecule has 5 nitrogen and oxygen atoms in total. The number of nitrogens with one attached hydrogen (secondary N) is 1. The lowest BCUT2D eigenvalue weighted by molar-refractivity contribution is -0.00703. The summed E-state index contributed by atoms with van der Waals surface area (Å²) in [5.41, 5.74) is 2.82. The van der Waals surface area contributed by atoms with Gasteiger partial charge in [0.05, 0.1) is 17.9 Å². The smallest absolute Gasteiger partial charge is 0.274 e. The molecule has 2 aliphatic rings. The molecule has 1 N–H and O–H groups in total. The predicted octanol–water partition coefficient (Wildman–Crippen LogP) is 3.73. The fourth-order valence-electron chi connectivity index (χ4n) is 4.23. The van der Waals surface area contributed by atoms with E-state index in [1.54, 1.807) is 4.90 Å². The first-order valence-corrected chi connectivity index (χ1v) is 9.41. The predicted molar refractivity (Wildman–Crippen MR) is 95.5 cm³/mol. The van der Waals surface area contributed by atoms with Crippen molar-refractivity contribution in [2.45, 2.75) is 51.2 Å². The van der Waals surface area contributed by atoms with Gasteiger partial charge in [0.15, 0.2) is 5.69 Å². The van der Waals surface area contributed by atoms with Crippen molar-refractivity contribution in [3.63, 3.8) is 0 Å². The van der Waals surface area contributed by atoms with E-state index in [9.17, 15) is 13.6 Å². The topological polar surface area (TPSA) is 58.2 Å². The van der Waals surface area contributed by atoms with E-state index in [0.29, 0.717) is 43.6 Å². The van der Waals surface area contributed by atoms with Crippen LogP contribution in [0.25, 0.3) is 0 Å². The van der Waals surface area contributed by atoms with Gasteiger partial charge in [0.1, 0.15) is 11.6 Å². The Morgan fingerprint density at radius 3 is 2.70 bits per heavy atom. The zero-order valence-electron chi connectivity index (χ0n) is 15.5. The molecule has 27 heavy (non-hydrogen) atoms. The molecular weight excluding hydrogens is 352 g/mol. The monoisotopic (exact) mass is 375 g/mol. The number of hydrogen-bond acceptors (Lipinski definition) is 3. The van der Waals surface area contributed by atoms with Gasteiger partial charge in [-0.3, -0.25) is 9.89 Å². The lowest BCUT2D eigenvalue weighted by atomic mass is 9.88. The quantitative estimate of drug-likeness (QED) is 0.870. The van der Waals surface area contributed by atoms with E-state index >= 15 is 0 Å². The Kier molecular flexibility index (Phi) is 4.72. The van der Waals surface area contributed by atoms with Crippen LogP contribution in [-0.4, -0.2) is 40.2 Å². The van der Waals surface area contributed by atoms with E-state index in [-0.39, 0.29) is 24.0 Å². The highest BCUT2D eigenvalue weighted by molar-refractivity contribution is 5.94. The van der Waals surface area contributed by atoms with Crippen molar-refractivity contribution in [1.82, 2.24) is 15.1 Å². The van der Waals surface area contributed by atoms with Gasteiger partial charge in [-0.15, -0.1) is 0 Å². The number of rotatable bonds is 2. The first kappa shape index (κ1) is 18.1. The van der Waals surface area contributed by atoms with Crippen molar-refractivity contribution >= 4 is 5.91 Å². The third kappa shape index (κ3) is 3.36. The summed E-state index contributed by atoms with van der Waals surface area (Å²) in [5, 5.41) is 7.22. The molecule has 7 heteroatoms. The molecule has 3 heterocycles. The maximum absolute atomic E-state index is 14.0. The first-order chi connectivity index (χ1) is 12.9. The third-order valence-corrected chi connectivity index (χ3v) is 5.62. The zero-order chi connectivity index (χ0) is 19.1. The number of amides is 1. The van der Waals surface area contributed by atoms with E-state index in [4.69, 9.17) is 4.74 Å². The van der Waals surface area contributed by atoms with Crippen molar-refractivity contribution in [3.05, 3.63) is 52.3 Å². The lowest BCUT2D eigenvalue weighted by Gasteiger charge is -2.32. The molecule has 1 saturated heterocycles. The van der Waals surface area contributed by atoms with Gasteiger partial charge in [-0.05, 0) is 44.2 Å². The second kappa shape index (κ2) is 7.03. The van der Waals surface area contributed by atoms with Crippen LogP contribution in [0.3, 0.4) is 0 Å². The Labute approximate surface area is 156 Å². The number of hydrogen-bond donors (Lipinski definition) is 1. The van der Waals surface area contributed by atoms with Crippen LogP contribution < -0.4 is 0 Å². The van der Waals surface area contributed by atoms with Gasteiger partial charge in [-0.2, -0.15) is 5.10 Å². The normalized spacial score (nSPS) is 23.3. The average molecular weight is 375 g/mol. The molecular formula is C20H23F2N3O2. The van der Waals surface area contributed by atoms with Crippen LogP contribution in [-0.2, 0) is 11.2 Å². The molecule has 0 bridgehead atoms. The summed E-state index contributed by atoms with van der Waals surface area (Å²) >= 11 is 0. The standard InChI is InChI=1S/C20H23F2N3O2/c1-11-9-16-18(12(2)27-11)23-24-19(16)20(26)25-7-5-13(6-8-25)15-4-3-14(21)10-17(15)22/h3-4,10-13H,5-9H2,1-2H3,(H,23,24)/t11-,12+/m1/s1. The van der Waals surface area contributed by atoms with Crippen molar-refractivity contribution in [3.8, 4) is 0 Å². The zero-order valence-corrected chi connectivity index (χ0v) is 15.5. The van der Waals surface area contributed by atoms with Gasteiger partial charge < -0.3 is 9.64 Å². The van der Waals surface area contributed by atoms with Gasteiger partial charge in [0, 0.05) is 31.1 Å². The highest BCUT2D eigenvalue weighted by atomic mass is 19.1. The number of likely N-dealkylation sites (tertiary alicyclic amines) is 1. The molecule has 2 atom stereocenters. The van der Waals surface area contributed by atoms with Gasteiger partial charge in [0.25, 0.3) is 5.91 Å². The molecule has 0 spiro atoms. The summed E-state index contributed by atoms with van der Waals surface area (Å²) < 4.78 is 32.9. The SMILES string of the molecule is C[C@@H]1Cc2c(C(=O)N3CCC(c4ccc(F)cc4F)CC3)n[nH]c2[C@H](C)O1. The van der Waals surface area contributed by atoms with Crippen LogP contribution in [0.15, 0.2) is 18.2 Å². The van der Waals surface area contributed by atoms with Crippen LogP contribution in [0.4, 0.5) is 8.78 Å². The van der Waals surface area contributed by atoms with Crippen LogP contribution in [0.1, 0.15) is 66.0 Å². The summed E-state index contributed by atoms with van der Waals surface area (Å²) in [6.07, 6.45) is 1.90. The van der Waals surface area contributed by atoms with E-state index in [0.717, 1.165) is 17.3 Å². The Balaban J connectivity index is 1.47. The van der Waals surface area contributed by atoms with E-state index < -0.39 is 11.6 Å². The summed E-state index contributed by atoms with van der Waals surface area (Å²) in [7, 11) is 0. The Hall–Kier alpha value is -2.28. The van der Waals surface area contributed by atoms with Gasteiger partial charge in [-0.25, -0.2) is 8.78 Å². The number of nitrogens with zero attached hydrogens (tertiary/aromatic N) is 2. The number of fused-ring (bicyclic) bond motifs is 1. The molecule has 4 rings (SSSR count). The molecule has 1 aromatic heterocycles.